The number of carboxylic acids is 1. The van der Waals surface area contributed by atoms with Crippen molar-refractivity contribution in [3.05, 3.63) is 0 Å². The van der Waals surface area contributed by atoms with Crippen LogP contribution in [-0.2, 0) is 4.79 Å². The molecule has 0 spiro atoms. The average molecular weight is 195 g/mol. The summed E-state index contributed by atoms with van der Waals surface area (Å²) >= 11 is 0. The number of piperidine rings is 1. The van der Waals surface area contributed by atoms with E-state index in [4.69, 9.17) is 5.11 Å². The first-order valence-corrected chi connectivity index (χ1v) is 3.87. The van der Waals surface area contributed by atoms with Crippen molar-refractivity contribution in [2.24, 2.45) is 10.8 Å². The first-order valence-electron chi connectivity index (χ1n) is 3.87. The van der Waals surface area contributed by atoms with Gasteiger partial charge in [0.05, 0.1) is 10.8 Å². The summed E-state index contributed by atoms with van der Waals surface area (Å²) in [5.41, 5.74) is -3.57. The van der Waals surface area contributed by atoms with Crippen molar-refractivity contribution in [2.45, 2.75) is 12.6 Å². The molecule has 1 aliphatic carbocycles. The molecule has 2 aliphatic rings. The van der Waals surface area contributed by atoms with E-state index < -0.39 is 23.0 Å². The third-order valence-corrected chi connectivity index (χ3v) is 3.20. The molecular formula is C7H8F3NO2. The second-order valence-corrected chi connectivity index (χ2v) is 3.75. The van der Waals surface area contributed by atoms with Crippen molar-refractivity contribution < 1.29 is 23.1 Å². The van der Waals surface area contributed by atoms with Crippen LogP contribution in [0.2, 0.25) is 0 Å². The van der Waals surface area contributed by atoms with Gasteiger partial charge in [0.2, 0.25) is 0 Å². The molecular weight excluding hydrogens is 187 g/mol. The largest absolute Gasteiger partial charge is 0.481 e. The maximum absolute atomic E-state index is 12.5. The van der Waals surface area contributed by atoms with Gasteiger partial charge in [-0.3, -0.25) is 4.79 Å². The summed E-state index contributed by atoms with van der Waals surface area (Å²) in [5, 5.41) is 11.2. The van der Waals surface area contributed by atoms with Gasteiger partial charge in [-0.2, -0.15) is 13.2 Å². The molecule has 2 atom stereocenters. The average Bonchev–Trinajstić information content (AvgIpc) is 2.51. The van der Waals surface area contributed by atoms with Gasteiger partial charge in [0, 0.05) is 13.1 Å². The fourth-order valence-corrected chi connectivity index (χ4v) is 2.25. The number of hydrogen-bond acceptors (Lipinski definition) is 2. The third kappa shape index (κ3) is 0.769. The van der Waals surface area contributed by atoms with Crippen LogP contribution in [0.5, 0.6) is 0 Å². The van der Waals surface area contributed by atoms with E-state index in [9.17, 15) is 18.0 Å². The number of carbonyl (C=O) groups is 1. The van der Waals surface area contributed by atoms with E-state index in [0.717, 1.165) is 0 Å². The Bertz CT molecular complexity index is 277. The Labute approximate surface area is 71.9 Å². The monoisotopic (exact) mass is 195 g/mol. The molecule has 0 aromatic rings. The zero-order chi connectivity index (χ0) is 9.91. The number of nitrogens with one attached hydrogen (secondary N) is 1. The van der Waals surface area contributed by atoms with Crippen LogP contribution in [0.4, 0.5) is 13.2 Å². The van der Waals surface area contributed by atoms with Gasteiger partial charge in [-0.05, 0) is 6.42 Å². The minimum atomic E-state index is -4.41. The zero-order valence-corrected chi connectivity index (χ0v) is 6.61. The molecule has 2 rings (SSSR count). The maximum atomic E-state index is 12.5. The Kier molecular flexibility index (Phi) is 1.35. The van der Waals surface area contributed by atoms with Gasteiger partial charge in [0.15, 0.2) is 0 Å². The van der Waals surface area contributed by atoms with Crippen LogP contribution >= 0.6 is 0 Å². The molecule has 3 nitrogen and oxygen atoms in total. The minimum absolute atomic E-state index is 0.0676. The smallest absolute Gasteiger partial charge is 0.396 e. The molecule has 0 radical (unpaired) electrons. The molecule has 0 bridgehead atoms. The summed E-state index contributed by atoms with van der Waals surface area (Å²) in [6.45, 7) is -0.329. The number of halogens is 3. The quantitative estimate of drug-likeness (QED) is 0.644. The van der Waals surface area contributed by atoms with Crippen molar-refractivity contribution in [3.63, 3.8) is 0 Å². The van der Waals surface area contributed by atoms with Gasteiger partial charge in [0.1, 0.15) is 0 Å². The molecule has 1 saturated carbocycles. The SMILES string of the molecule is O=C(O)C12CNCC1(C(F)(F)F)C2. The summed E-state index contributed by atoms with van der Waals surface area (Å²) in [4.78, 5) is 10.7. The molecule has 0 aromatic carbocycles. The Morgan fingerprint density at radius 1 is 1.38 bits per heavy atom. The van der Waals surface area contributed by atoms with Gasteiger partial charge in [-0.25, -0.2) is 0 Å². The molecule has 0 aromatic heterocycles. The van der Waals surface area contributed by atoms with Crippen molar-refractivity contribution in [3.8, 4) is 0 Å². The van der Waals surface area contributed by atoms with E-state index in [0.29, 0.717) is 0 Å². The molecule has 2 fully saturated rings. The second kappa shape index (κ2) is 2.00. The van der Waals surface area contributed by atoms with E-state index in [1.807, 2.05) is 0 Å². The number of alkyl halides is 3. The van der Waals surface area contributed by atoms with Crippen LogP contribution in [0.25, 0.3) is 0 Å². The number of carboxylic acid groups (broad SMARTS) is 1. The van der Waals surface area contributed by atoms with Gasteiger partial charge >= 0.3 is 12.1 Å². The van der Waals surface area contributed by atoms with Gasteiger partial charge < -0.3 is 10.4 Å². The molecule has 2 unspecified atom stereocenters. The molecule has 6 heteroatoms. The van der Waals surface area contributed by atoms with Gasteiger partial charge in [-0.15, -0.1) is 0 Å². The Morgan fingerprint density at radius 2 is 2.00 bits per heavy atom. The molecule has 13 heavy (non-hydrogen) atoms. The highest BCUT2D eigenvalue weighted by Crippen LogP contribution is 2.72. The zero-order valence-electron chi connectivity index (χ0n) is 6.61. The van der Waals surface area contributed by atoms with Crippen molar-refractivity contribution in [1.29, 1.82) is 0 Å². The highest BCUT2D eigenvalue weighted by molar-refractivity contribution is 5.81. The number of hydrogen-bond donors (Lipinski definition) is 2. The lowest BCUT2D eigenvalue weighted by molar-refractivity contribution is -0.195. The van der Waals surface area contributed by atoms with E-state index >= 15 is 0 Å². The summed E-state index contributed by atoms with van der Waals surface area (Å²) in [6, 6.07) is 0. The fourth-order valence-electron chi connectivity index (χ4n) is 2.25. The summed E-state index contributed by atoms with van der Waals surface area (Å²) in [6.07, 6.45) is -4.68. The predicted octanol–water partition coefficient (Wildman–Crippen LogP) is 0.613. The highest BCUT2D eigenvalue weighted by atomic mass is 19.4. The normalized spacial score (nSPS) is 43.0. The van der Waals surface area contributed by atoms with Crippen LogP contribution in [0.15, 0.2) is 0 Å². The number of fused-ring (bicyclic) bond motifs is 1. The first kappa shape index (κ1) is 8.80. The predicted molar refractivity (Wildman–Crippen MR) is 36.0 cm³/mol. The van der Waals surface area contributed by atoms with Crippen LogP contribution < -0.4 is 5.32 Å². The number of rotatable bonds is 1. The van der Waals surface area contributed by atoms with E-state index in [2.05, 4.69) is 5.32 Å². The Morgan fingerprint density at radius 3 is 2.31 bits per heavy atom. The Balaban J connectivity index is 2.35. The molecule has 1 aliphatic heterocycles. The highest BCUT2D eigenvalue weighted by Gasteiger charge is 2.85. The standard InChI is InChI=1S/C7H8F3NO2/c8-7(9,10)6-1-5(6,4(12)13)2-11-3-6/h11H,1-3H2,(H,12,13). The number of aliphatic carboxylic acids is 1. The fraction of sp³-hybridized carbons (Fsp3) is 0.857. The van der Waals surface area contributed by atoms with E-state index in [-0.39, 0.29) is 19.5 Å². The second-order valence-electron chi connectivity index (χ2n) is 3.75. The van der Waals surface area contributed by atoms with Gasteiger partial charge in [-0.1, -0.05) is 0 Å². The summed E-state index contributed by atoms with van der Waals surface area (Å²) < 4.78 is 37.5. The first-order chi connectivity index (χ1) is 5.86. The van der Waals surface area contributed by atoms with Crippen molar-refractivity contribution in [1.82, 2.24) is 5.32 Å². The lowest BCUT2D eigenvalue weighted by Crippen LogP contribution is -2.34. The lowest BCUT2D eigenvalue weighted by atomic mass is 9.96. The van der Waals surface area contributed by atoms with Crippen molar-refractivity contribution >= 4 is 5.97 Å². The minimum Gasteiger partial charge on any atom is -0.481 e. The topological polar surface area (TPSA) is 49.3 Å². The molecule has 0 amide bonds. The summed E-state index contributed by atoms with van der Waals surface area (Å²) in [7, 11) is 0. The van der Waals surface area contributed by atoms with Crippen molar-refractivity contribution in [2.75, 3.05) is 13.1 Å². The van der Waals surface area contributed by atoms with Crippen LogP contribution in [0.3, 0.4) is 0 Å². The van der Waals surface area contributed by atoms with Crippen LogP contribution in [0, 0.1) is 10.8 Å². The molecule has 74 valence electrons. The molecule has 2 N–H and O–H groups in total. The van der Waals surface area contributed by atoms with Crippen LogP contribution in [0.1, 0.15) is 6.42 Å². The molecule has 1 heterocycles. The lowest BCUT2D eigenvalue weighted by Gasteiger charge is -2.17. The summed E-state index contributed by atoms with van der Waals surface area (Å²) in [5.74, 6) is -1.34. The van der Waals surface area contributed by atoms with Gasteiger partial charge in [0.25, 0.3) is 0 Å². The maximum Gasteiger partial charge on any atom is 0.396 e. The third-order valence-electron chi connectivity index (χ3n) is 3.20. The Hall–Kier alpha value is -0.780. The molecule has 1 saturated heterocycles. The van der Waals surface area contributed by atoms with E-state index in [1.54, 1.807) is 0 Å². The van der Waals surface area contributed by atoms with Crippen LogP contribution in [-0.4, -0.2) is 30.3 Å². The van der Waals surface area contributed by atoms with E-state index in [1.165, 1.54) is 0 Å².